The lowest BCUT2D eigenvalue weighted by atomic mass is 10.2. The van der Waals surface area contributed by atoms with Crippen molar-refractivity contribution >= 4 is 35.0 Å². The molecule has 0 spiro atoms. The van der Waals surface area contributed by atoms with Gasteiger partial charge in [0.05, 0.1) is 10.9 Å². The van der Waals surface area contributed by atoms with Gasteiger partial charge in [0.15, 0.2) is 5.16 Å². The van der Waals surface area contributed by atoms with Crippen LogP contribution in [0.2, 0.25) is 5.02 Å². The number of benzene rings is 2. The molecular weight excluding hydrogens is 380 g/mol. The number of hydrogen-bond donors (Lipinski definition) is 0. The molecule has 0 fully saturated rings. The van der Waals surface area contributed by atoms with E-state index in [9.17, 15) is 4.79 Å². The predicted molar refractivity (Wildman–Crippen MR) is 109 cm³/mol. The Morgan fingerprint density at radius 2 is 2.07 bits per heavy atom. The van der Waals surface area contributed by atoms with Crippen molar-refractivity contribution < 1.29 is 4.79 Å². The molecule has 0 saturated heterocycles. The molecule has 138 valence electrons. The van der Waals surface area contributed by atoms with Crippen molar-refractivity contribution in [3.05, 3.63) is 64.9 Å². The Labute approximate surface area is 167 Å². The number of carbonyl (C=O) groups excluding carboxylic acids is 1. The van der Waals surface area contributed by atoms with Gasteiger partial charge in [-0.2, -0.15) is 0 Å². The topological polar surface area (TPSA) is 51.0 Å². The molecule has 1 aromatic heterocycles. The van der Waals surface area contributed by atoms with Gasteiger partial charge in [0.2, 0.25) is 5.91 Å². The van der Waals surface area contributed by atoms with E-state index in [1.807, 2.05) is 59.7 Å². The second kappa shape index (κ2) is 7.37. The van der Waals surface area contributed by atoms with Gasteiger partial charge in [0.1, 0.15) is 6.33 Å². The van der Waals surface area contributed by atoms with Crippen molar-refractivity contribution in [1.29, 1.82) is 0 Å². The van der Waals surface area contributed by atoms with E-state index in [0.717, 1.165) is 29.9 Å². The average molecular weight is 399 g/mol. The first-order valence-electron chi connectivity index (χ1n) is 8.77. The standard InChI is InChI=1S/C20H19ClN4OS/c1-13-7-8-16(11-17(13)21)25-12-22-23-20(25)27-14(2)19(26)24-10-9-15-5-3-4-6-18(15)24/h3-8,11-12,14H,9-10H2,1-2H3. The smallest absolute Gasteiger partial charge is 0.240 e. The summed E-state index contributed by atoms with van der Waals surface area (Å²) >= 11 is 7.66. The summed E-state index contributed by atoms with van der Waals surface area (Å²) in [6.45, 7) is 4.60. The summed E-state index contributed by atoms with van der Waals surface area (Å²) in [5.74, 6) is 0.0847. The highest BCUT2D eigenvalue weighted by Gasteiger charge is 2.29. The van der Waals surface area contributed by atoms with Crippen LogP contribution in [0.1, 0.15) is 18.1 Å². The molecule has 1 amide bonds. The zero-order chi connectivity index (χ0) is 19.0. The van der Waals surface area contributed by atoms with Crippen LogP contribution in [-0.2, 0) is 11.2 Å². The van der Waals surface area contributed by atoms with Crippen LogP contribution in [0.25, 0.3) is 5.69 Å². The maximum atomic E-state index is 13.0. The fourth-order valence-corrected chi connectivity index (χ4v) is 4.29. The number of halogens is 1. The summed E-state index contributed by atoms with van der Waals surface area (Å²) in [6.07, 6.45) is 2.54. The second-order valence-electron chi connectivity index (χ2n) is 6.55. The van der Waals surface area contributed by atoms with Crippen LogP contribution >= 0.6 is 23.4 Å². The molecular formula is C20H19ClN4OS. The number of thioether (sulfide) groups is 1. The summed E-state index contributed by atoms with van der Waals surface area (Å²) in [7, 11) is 0. The Hall–Kier alpha value is -2.31. The molecule has 7 heteroatoms. The van der Waals surface area contributed by atoms with E-state index in [1.54, 1.807) is 6.33 Å². The van der Waals surface area contributed by atoms with E-state index in [4.69, 9.17) is 11.6 Å². The number of aromatic nitrogens is 3. The molecule has 0 aliphatic carbocycles. The van der Waals surface area contributed by atoms with Crippen LogP contribution in [0.15, 0.2) is 53.9 Å². The minimum atomic E-state index is -0.278. The van der Waals surface area contributed by atoms with Gasteiger partial charge in [-0.3, -0.25) is 9.36 Å². The van der Waals surface area contributed by atoms with Gasteiger partial charge in [-0.05, 0) is 49.6 Å². The Morgan fingerprint density at radius 3 is 2.89 bits per heavy atom. The van der Waals surface area contributed by atoms with Gasteiger partial charge in [0.25, 0.3) is 0 Å². The van der Waals surface area contributed by atoms with E-state index in [0.29, 0.717) is 10.2 Å². The molecule has 1 atom stereocenters. The minimum absolute atomic E-state index is 0.0847. The maximum absolute atomic E-state index is 13.0. The van der Waals surface area contributed by atoms with E-state index in [1.165, 1.54) is 17.3 Å². The quantitative estimate of drug-likeness (QED) is 0.615. The molecule has 1 aliphatic heterocycles. The summed E-state index contributed by atoms with van der Waals surface area (Å²) in [5.41, 5.74) is 4.13. The van der Waals surface area contributed by atoms with Crippen LogP contribution in [0.5, 0.6) is 0 Å². The third kappa shape index (κ3) is 3.47. The van der Waals surface area contributed by atoms with Crippen LogP contribution in [0.3, 0.4) is 0 Å². The van der Waals surface area contributed by atoms with Crippen LogP contribution in [-0.4, -0.2) is 32.5 Å². The number of nitrogens with zero attached hydrogens (tertiary/aromatic N) is 4. The van der Waals surface area contributed by atoms with Crippen molar-refractivity contribution in [3.8, 4) is 5.69 Å². The molecule has 4 rings (SSSR count). The third-order valence-corrected chi connectivity index (χ3v) is 6.18. The highest BCUT2D eigenvalue weighted by atomic mass is 35.5. The molecule has 0 bridgehead atoms. The van der Waals surface area contributed by atoms with Crippen molar-refractivity contribution in [2.75, 3.05) is 11.4 Å². The number of aryl methyl sites for hydroxylation is 1. The highest BCUT2D eigenvalue weighted by molar-refractivity contribution is 8.00. The fourth-order valence-electron chi connectivity index (χ4n) is 3.21. The lowest BCUT2D eigenvalue weighted by Crippen LogP contribution is -2.35. The first-order chi connectivity index (χ1) is 13.0. The summed E-state index contributed by atoms with van der Waals surface area (Å²) in [6, 6.07) is 13.9. The van der Waals surface area contributed by atoms with Crippen LogP contribution < -0.4 is 4.90 Å². The second-order valence-corrected chi connectivity index (χ2v) is 8.26. The average Bonchev–Trinajstić information content (AvgIpc) is 3.30. The van der Waals surface area contributed by atoms with Crippen molar-refractivity contribution in [2.24, 2.45) is 0 Å². The number of para-hydroxylation sites is 1. The molecule has 1 aliphatic rings. The molecule has 5 nitrogen and oxygen atoms in total. The number of fused-ring (bicyclic) bond motifs is 1. The summed E-state index contributed by atoms with van der Waals surface area (Å²) < 4.78 is 1.86. The first-order valence-corrected chi connectivity index (χ1v) is 10.0. The first kappa shape index (κ1) is 18.1. The van der Waals surface area contributed by atoms with Gasteiger partial charge in [-0.1, -0.05) is 47.6 Å². The largest absolute Gasteiger partial charge is 0.311 e. The highest BCUT2D eigenvalue weighted by Crippen LogP contribution is 2.32. The normalized spacial score (nSPS) is 14.3. The Bertz CT molecular complexity index is 1000. The lowest BCUT2D eigenvalue weighted by Gasteiger charge is -2.21. The number of anilines is 1. The molecule has 0 radical (unpaired) electrons. The number of carbonyl (C=O) groups is 1. The van der Waals surface area contributed by atoms with Gasteiger partial charge in [-0.15, -0.1) is 10.2 Å². The lowest BCUT2D eigenvalue weighted by molar-refractivity contribution is -0.117. The Kier molecular flexibility index (Phi) is 4.93. The van der Waals surface area contributed by atoms with E-state index in [-0.39, 0.29) is 11.2 Å². The number of amides is 1. The molecule has 3 aromatic rings. The minimum Gasteiger partial charge on any atom is -0.311 e. The summed E-state index contributed by atoms with van der Waals surface area (Å²) in [5, 5.41) is 9.30. The Balaban J connectivity index is 1.54. The molecule has 2 heterocycles. The SMILES string of the molecule is Cc1ccc(-n2cnnc2SC(C)C(=O)N2CCc3ccccc32)cc1Cl. The zero-order valence-corrected chi connectivity index (χ0v) is 16.7. The molecule has 0 saturated carbocycles. The van der Waals surface area contributed by atoms with E-state index >= 15 is 0 Å². The molecule has 2 aromatic carbocycles. The van der Waals surface area contributed by atoms with Gasteiger partial charge < -0.3 is 4.90 Å². The number of hydrogen-bond acceptors (Lipinski definition) is 4. The van der Waals surface area contributed by atoms with Crippen molar-refractivity contribution in [3.63, 3.8) is 0 Å². The fraction of sp³-hybridized carbons (Fsp3) is 0.250. The Morgan fingerprint density at radius 1 is 1.26 bits per heavy atom. The summed E-state index contributed by atoms with van der Waals surface area (Å²) in [4.78, 5) is 14.9. The van der Waals surface area contributed by atoms with Crippen LogP contribution in [0, 0.1) is 6.92 Å². The van der Waals surface area contributed by atoms with Crippen molar-refractivity contribution in [1.82, 2.24) is 14.8 Å². The molecule has 0 N–H and O–H groups in total. The van der Waals surface area contributed by atoms with E-state index in [2.05, 4.69) is 16.3 Å². The van der Waals surface area contributed by atoms with Gasteiger partial charge in [-0.25, -0.2) is 0 Å². The zero-order valence-electron chi connectivity index (χ0n) is 15.1. The monoisotopic (exact) mass is 398 g/mol. The van der Waals surface area contributed by atoms with E-state index < -0.39 is 0 Å². The maximum Gasteiger partial charge on any atom is 0.240 e. The van der Waals surface area contributed by atoms with Gasteiger partial charge in [0, 0.05) is 17.3 Å². The molecule has 1 unspecified atom stereocenters. The molecule has 27 heavy (non-hydrogen) atoms. The van der Waals surface area contributed by atoms with Crippen LogP contribution in [0.4, 0.5) is 5.69 Å². The number of rotatable bonds is 4. The van der Waals surface area contributed by atoms with Gasteiger partial charge >= 0.3 is 0 Å². The third-order valence-electron chi connectivity index (χ3n) is 4.73. The van der Waals surface area contributed by atoms with Crippen molar-refractivity contribution in [2.45, 2.75) is 30.7 Å². The predicted octanol–water partition coefficient (Wildman–Crippen LogP) is 4.30.